The highest BCUT2D eigenvalue weighted by Crippen LogP contribution is 2.71. The number of halogens is 1. The molecular formula is C31H41IO5. The third kappa shape index (κ3) is 3.81. The van der Waals surface area contributed by atoms with Gasteiger partial charge in [-0.1, -0.05) is 19.9 Å². The summed E-state index contributed by atoms with van der Waals surface area (Å²) in [5, 5.41) is 0. The second-order valence-corrected chi connectivity index (χ2v) is 14.8. The number of hydrogen-bond donors (Lipinski definition) is 0. The first-order valence-corrected chi connectivity index (χ1v) is 15.3. The summed E-state index contributed by atoms with van der Waals surface area (Å²) < 4.78 is 20.1. The first-order valence-electron chi connectivity index (χ1n) is 14.3. The van der Waals surface area contributed by atoms with E-state index in [0.29, 0.717) is 29.2 Å². The number of carbonyl (C=O) groups excluding carboxylic acids is 2. The summed E-state index contributed by atoms with van der Waals surface area (Å²) in [5.41, 5.74) is -0.0847. The molecule has 202 valence electrons. The summed E-state index contributed by atoms with van der Waals surface area (Å²) >= 11 is 2.24. The average molecular weight is 621 g/mol. The molecule has 6 rings (SSSR count). The summed E-state index contributed by atoms with van der Waals surface area (Å²) in [4.78, 5) is 26.1. The molecule has 37 heavy (non-hydrogen) atoms. The minimum atomic E-state index is -0.814. The van der Waals surface area contributed by atoms with Crippen molar-refractivity contribution in [3.63, 3.8) is 0 Å². The van der Waals surface area contributed by atoms with Crippen LogP contribution in [0.5, 0.6) is 0 Å². The zero-order chi connectivity index (χ0) is 26.4. The molecule has 1 heterocycles. The van der Waals surface area contributed by atoms with Gasteiger partial charge in [-0.2, -0.15) is 0 Å². The van der Waals surface area contributed by atoms with E-state index in [9.17, 15) is 9.59 Å². The van der Waals surface area contributed by atoms with Gasteiger partial charge in [0.15, 0.2) is 17.2 Å². The SMILES string of the molecule is CC(=O)[C@@]12OC(C)(C)O[C@@H]1CC1C3CC[C@H]4C[C@H](OC(=O)c5cccc(I)c5)CC[C@]4(C)C3CC[C@@]12C. The molecule has 0 amide bonds. The molecule has 1 aliphatic heterocycles. The molecule has 5 aliphatic rings. The van der Waals surface area contributed by atoms with Crippen LogP contribution in [0.4, 0.5) is 0 Å². The molecule has 5 fully saturated rings. The number of Topliss-reactive ketones (excluding diaryl/α,β-unsaturated/α-hetero) is 1. The van der Waals surface area contributed by atoms with Gasteiger partial charge in [0.25, 0.3) is 0 Å². The summed E-state index contributed by atoms with van der Waals surface area (Å²) in [6.45, 7) is 10.5. The standard InChI is InChI=1S/C31H41IO5/c1-18(33)31-26(36-28(2,3)37-31)17-25-23-10-9-20-16-22(35-27(34)19-7-6-8-21(32)15-19)11-13-29(20,4)24(23)12-14-30(25,31)5/h6-8,15,20,22-26H,9-14,16-17H2,1-5H3/t20-,22+,23?,24?,25?,26+,29-,30-,31+/m0/s1. The number of esters is 1. The monoisotopic (exact) mass is 620 g/mol. The van der Waals surface area contributed by atoms with E-state index in [4.69, 9.17) is 14.2 Å². The minimum Gasteiger partial charge on any atom is -0.459 e. The summed E-state index contributed by atoms with van der Waals surface area (Å²) in [6, 6.07) is 7.66. The van der Waals surface area contributed by atoms with Crippen molar-refractivity contribution >= 4 is 34.3 Å². The largest absolute Gasteiger partial charge is 0.459 e. The summed E-state index contributed by atoms with van der Waals surface area (Å²) in [5.74, 6) is 1.51. The number of ketones is 1. The molecule has 1 saturated heterocycles. The zero-order valence-corrected chi connectivity index (χ0v) is 25.0. The zero-order valence-electron chi connectivity index (χ0n) is 22.8. The van der Waals surface area contributed by atoms with Gasteiger partial charge in [-0.15, -0.1) is 0 Å². The molecular weight excluding hydrogens is 579 g/mol. The Morgan fingerprint density at radius 2 is 1.78 bits per heavy atom. The molecule has 4 aliphatic carbocycles. The second-order valence-electron chi connectivity index (χ2n) is 13.6. The minimum absolute atomic E-state index is 0.00435. The molecule has 0 aromatic heterocycles. The first-order chi connectivity index (χ1) is 17.4. The van der Waals surface area contributed by atoms with Crippen LogP contribution in [0.25, 0.3) is 0 Å². The number of ether oxygens (including phenoxy) is 3. The fourth-order valence-electron chi connectivity index (χ4n) is 9.91. The molecule has 9 atom stereocenters. The van der Waals surface area contributed by atoms with Crippen LogP contribution in [-0.2, 0) is 19.0 Å². The number of benzene rings is 1. The highest BCUT2D eigenvalue weighted by Gasteiger charge is 2.75. The number of fused-ring (bicyclic) bond motifs is 7. The Balaban J connectivity index is 1.19. The number of rotatable bonds is 3. The van der Waals surface area contributed by atoms with Gasteiger partial charge >= 0.3 is 5.97 Å². The molecule has 1 aromatic carbocycles. The highest BCUT2D eigenvalue weighted by molar-refractivity contribution is 14.1. The van der Waals surface area contributed by atoms with E-state index in [-0.39, 0.29) is 34.8 Å². The normalized spacial score (nSPS) is 45.8. The van der Waals surface area contributed by atoms with Gasteiger partial charge in [-0.25, -0.2) is 4.79 Å². The third-order valence-electron chi connectivity index (χ3n) is 11.5. The fraction of sp³-hybridized carbons (Fsp3) is 0.742. The molecule has 5 nitrogen and oxygen atoms in total. The highest BCUT2D eigenvalue weighted by atomic mass is 127. The van der Waals surface area contributed by atoms with Gasteiger partial charge in [0, 0.05) is 8.99 Å². The Hall–Kier alpha value is -0.990. The van der Waals surface area contributed by atoms with Crippen molar-refractivity contribution in [3.05, 3.63) is 33.4 Å². The van der Waals surface area contributed by atoms with E-state index in [1.54, 1.807) is 6.92 Å². The van der Waals surface area contributed by atoms with Crippen molar-refractivity contribution in [2.24, 2.45) is 34.5 Å². The van der Waals surface area contributed by atoms with E-state index >= 15 is 0 Å². The molecule has 3 unspecified atom stereocenters. The lowest BCUT2D eigenvalue weighted by Crippen LogP contribution is -2.60. The smallest absolute Gasteiger partial charge is 0.338 e. The Morgan fingerprint density at radius 3 is 2.51 bits per heavy atom. The predicted molar refractivity (Wildman–Crippen MR) is 149 cm³/mol. The lowest BCUT2D eigenvalue weighted by Gasteiger charge is -2.61. The third-order valence-corrected chi connectivity index (χ3v) is 12.1. The molecule has 4 saturated carbocycles. The quantitative estimate of drug-likeness (QED) is 0.271. The van der Waals surface area contributed by atoms with E-state index < -0.39 is 11.4 Å². The van der Waals surface area contributed by atoms with Crippen molar-refractivity contribution in [1.82, 2.24) is 0 Å². The molecule has 0 radical (unpaired) electrons. The second kappa shape index (κ2) is 8.76. The maximum Gasteiger partial charge on any atom is 0.338 e. The Kier molecular flexibility index (Phi) is 6.21. The van der Waals surface area contributed by atoms with Crippen LogP contribution >= 0.6 is 22.6 Å². The maximum atomic E-state index is 13.2. The molecule has 0 bridgehead atoms. The lowest BCUT2D eigenvalue weighted by atomic mass is 9.44. The maximum absolute atomic E-state index is 13.2. The topological polar surface area (TPSA) is 61.8 Å². The van der Waals surface area contributed by atoms with Crippen LogP contribution < -0.4 is 0 Å². The Labute approximate surface area is 234 Å². The van der Waals surface area contributed by atoms with Gasteiger partial charge in [-0.05, 0) is 142 Å². The van der Waals surface area contributed by atoms with Gasteiger partial charge < -0.3 is 14.2 Å². The Bertz CT molecular complexity index is 1120. The van der Waals surface area contributed by atoms with Gasteiger partial charge in [0.1, 0.15) is 6.10 Å². The van der Waals surface area contributed by atoms with Gasteiger partial charge in [0.05, 0.1) is 11.7 Å². The lowest BCUT2D eigenvalue weighted by molar-refractivity contribution is -0.219. The molecule has 1 aromatic rings. The van der Waals surface area contributed by atoms with Crippen LogP contribution in [0.1, 0.15) is 96.3 Å². The van der Waals surface area contributed by atoms with Crippen molar-refractivity contribution in [3.8, 4) is 0 Å². The average Bonchev–Trinajstić information content (AvgIpc) is 3.25. The van der Waals surface area contributed by atoms with Crippen LogP contribution in [0.15, 0.2) is 24.3 Å². The van der Waals surface area contributed by atoms with Crippen LogP contribution in [-0.4, -0.2) is 35.3 Å². The molecule has 0 N–H and O–H groups in total. The van der Waals surface area contributed by atoms with Crippen molar-refractivity contribution in [2.45, 2.75) is 110 Å². The summed E-state index contributed by atoms with van der Waals surface area (Å²) in [6.07, 6.45) is 8.32. The van der Waals surface area contributed by atoms with E-state index in [0.717, 1.165) is 42.1 Å². The van der Waals surface area contributed by atoms with Gasteiger partial charge in [-0.3, -0.25) is 4.79 Å². The predicted octanol–water partition coefficient (Wildman–Crippen LogP) is 6.95. The van der Waals surface area contributed by atoms with Crippen LogP contribution in [0, 0.1) is 38.1 Å². The van der Waals surface area contributed by atoms with Crippen molar-refractivity contribution < 1.29 is 23.8 Å². The number of hydrogen-bond acceptors (Lipinski definition) is 5. The van der Waals surface area contributed by atoms with E-state index in [1.807, 2.05) is 38.1 Å². The van der Waals surface area contributed by atoms with E-state index in [1.165, 1.54) is 12.8 Å². The van der Waals surface area contributed by atoms with Crippen LogP contribution in [0.3, 0.4) is 0 Å². The molecule has 0 spiro atoms. The molecule has 6 heteroatoms. The van der Waals surface area contributed by atoms with Crippen molar-refractivity contribution in [1.29, 1.82) is 0 Å². The first kappa shape index (κ1) is 26.2. The van der Waals surface area contributed by atoms with Gasteiger partial charge in [0.2, 0.25) is 0 Å². The fourth-order valence-corrected chi connectivity index (χ4v) is 10.5. The summed E-state index contributed by atoms with van der Waals surface area (Å²) in [7, 11) is 0. The number of carbonyl (C=O) groups is 2. The van der Waals surface area contributed by atoms with E-state index in [2.05, 4.69) is 36.4 Å². The van der Waals surface area contributed by atoms with Crippen molar-refractivity contribution in [2.75, 3.05) is 0 Å². The Morgan fingerprint density at radius 1 is 1.00 bits per heavy atom. The van der Waals surface area contributed by atoms with Crippen LogP contribution in [0.2, 0.25) is 0 Å².